The van der Waals surface area contributed by atoms with Gasteiger partial charge < -0.3 is 15.4 Å². The van der Waals surface area contributed by atoms with Gasteiger partial charge in [0.1, 0.15) is 5.75 Å². The van der Waals surface area contributed by atoms with Crippen LogP contribution in [0.4, 0.5) is 5.69 Å². The Labute approximate surface area is 147 Å². The van der Waals surface area contributed by atoms with Gasteiger partial charge in [0, 0.05) is 0 Å². The van der Waals surface area contributed by atoms with E-state index in [9.17, 15) is 4.79 Å². The molecule has 0 aliphatic carbocycles. The molecule has 0 fully saturated rings. The largest absolute Gasteiger partial charge is 0.495 e. The highest BCUT2D eigenvalue weighted by Gasteiger charge is 2.12. The normalized spacial score (nSPS) is 11.8. The minimum absolute atomic E-state index is 0.0636. The minimum atomic E-state index is -0.0712. The van der Waals surface area contributed by atoms with Crippen molar-refractivity contribution < 1.29 is 9.53 Å². The molecule has 0 aliphatic heterocycles. The van der Waals surface area contributed by atoms with Gasteiger partial charge in [-0.3, -0.25) is 4.79 Å². The van der Waals surface area contributed by atoms with Crippen LogP contribution in [0.5, 0.6) is 5.75 Å². The Hall–Kier alpha value is -3.01. The number of anilines is 1. The second-order valence-electron chi connectivity index (χ2n) is 5.91. The van der Waals surface area contributed by atoms with Gasteiger partial charge in [0.15, 0.2) is 0 Å². The van der Waals surface area contributed by atoms with Gasteiger partial charge in [-0.25, -0.2) is 0 Å². The van der Waals surface area contributed by atoms with E-state index in [0.717, 1.165) is 22.4 Å². The third-order valence-corrected chi connectivity index (χ3v) is 4.21. The second kappa shape index (κ2) is 7.71. The summed E-state index contributed by atoms with van der Waals surface area (Å²) in [4.78, 5) is 12.3. The molecule has 2 N–H and O–H groups in total. The maximum atomic E-state index is 12.3. The number of rotatable bonds is 6. The number of carbonyl (C=O) groups is 1. The molecule has 1 atom stereocenters. The van der Waals surface area contributed by atoms with Crippen LogP contribution >= 0.6 is 0 Å². The lowest BCUT2D eigenvalue weighted by Gasteiger charge is -2.17. The first-order valence-electron chi connectivity index (χ1n) is 8.33. The molecule has 1 amide bonds. The van der Waals surface area contributed by atoms with Gasteiger partial charge in [0.25, 0.3) is 0 Å². The van der Waals surface area contributed by atoms with Crippen LogP contribution in [0.3, 0.4) is 0 Å². The van der Waals surface area contributed by atoms with Crippen molar-refractivity contribution in [3.05, 3.63) is 72.3 Å². The molecule has 0 unspecified atom stereocenters. The molecule has 0 radical (unpaired) electrons. The van der Waals surface area contributed by atoms with Crippen LogP contribution in [0.1, 0.15) is 18.5 Å². The summed E-state index contributed by atoms with van der Waals surface area (Å²) in [6.07, 6.45) is 0. The van der Waals surface area contributed by atoms with Crippen LogP contribution in [0.25, 0.3) is 10.8 Å². The van der Waals surface area contributed by atoms with Gasteiger partial charge in [-0.1, -0.05) is 54.6 Å². The molecule has 0 heterocycles. The smallest absolute Gasteiger partial charge is 0.239 e. The number of carbonyl (C=O) groups excluding carboxylic acids is 1. The summed E-state index contributed by atoms with van der Waals surface area (Å²) in [5.74, 6) is 0.656. The van der Waals surface area contributed by atoms with Crippen molar-refractivity contribution in [2.45, 2.75) is 13.0 Å². The molecular weight excluding hydrogens is 312 g/mol. The fourth-order valence-electron chi connectivity index (χ4n) is 2.96. The maximum Gasteiger partial charge on any atom is 0.239 e. The number of hydrogen-bond donors (Lipinski definition) is 2. The quantitative estimate of drug-likeness (QED) is 0.712. The summed E-state index contributed by atoms with van der Waals surface area (Å²) in [5.41, 5.74) is 1.92. The highest BCUT2D eigenvalue weighted by molar-refractivity contribution is 5.87. The molecule has 25 heavy (non-hydrogen) atoms. The zero-order valence-corrected chi connectivity index (χ0v) is 14.5. The molecule has 4 nitrogen and oxygen atoms in total. The number of nitrogens with one attached hydrogen (secondary N) is 2. The first-order chi connectivity index (χ1) is 12.2. The van der Waals surface area contributed by atoms with E-state index in [1.165, 1.54) is 5.39 Å². The Morgan fingerprint density at radius 3 is 2.56 bits per heavy atom. The Balaban J connectivity index is 1.66. The highest BCUT2D eigenvalue weighted by atomic mass is 16.5. The average molecular weight is 334 g/mol. The summed E-state index contributed by atoms with van der Waals surface area (Å²) in [5, 5.41) is 8.51. The lowest BCUT2D eigenvalue weighted by Crippen LogP contribution is -2.32. The zero-order chi connectivity index (χ0) is 17.6. The molecule has 3 aromatic rings. The average Bonchev–Trinajstić information content (AvgIpc) is 2.66. The predicted molar refractivity (Wildman–Crippen MR) is 102 cm³/mol. The number of ether oxygens (including phenoxy) is 1. The molecule has 128 valence electrons. The number of amides is 1. The molecule has 0 saturated carbocycles. The maximum absolute atomic E-state index is 12.3. The van der Waals surface area contributed by atoms with Gasteiger partial charge in [-0.15, -0.1) is 0 Å². The SMILES string of the molecule is COc1ccccc1NCC(=O)N[C@H](C)c1cccc2ccccc12. The van der Waals surface area contributed by atoms with Gasteiger partial charge in [-0.05, 0) is 35.4 Å². The molecule has 0 aromatic heterocycles. The topological polar surface area (TPSA) is 50.4 Å². The van der Waals surface area contributed by atoms with Crippen LogP contribution in [0.15, 0.2) is 66.7 Å². The van der Waals surface area contributed by atoms with E-state index in [0.29, 0.717) is 0 Å². The van der Waals surface area contributed by atoms with Crippen molar-refractivity contribution >= 4 is 22.4 Å². The molecular formula is C21H22N2O2. The van der Waals surface area contributed by atoms with Crippen LogP contribution in [0, 0.1) is 0 Å². The van der Waals surface area contributed by atoms with E-state index in [-0.39, 0.29) is 18.5 Å². The standard InChI is InChI=1S/C21H22N2O2/c1-15(17-11-7-9-16-8-3-4-10-18(16)17)23-21(24)14-22-19-12-5-6-13-20(19)25-2/h3-13,15,22H,14H2,1-2H3,(H,23,24)/t15-/m1/s1. The first-order valence-corrected chi connectivity index (χ1v) is 8.33. The van der Waals surface area contributed by atoms with Gasteiger partial charge in [-0.2, -0.15) is 0 Å². The summed E-state index contributed by atoms with van der Waals surface area (Å²) < 4.78 is 5.28. The number of benzene rings is 3. The monoisotopic (exact) mass is 334 g/mol. The molecule has 3 rings (SSSR count). The first kappa shape index (κ1) is 16.8. The van der Waals surface area contributed by atoms with Crippen LogP contribution in [-0.2, 0) is 4.79 Å². The van der Waals surface area contributed by atoms with Crippen molar-refractivity contribution in [3.8, 4) is 5.75 Å². The summed E-state index contributed by atoms with van der Waals surface area (Å²) >= 11 is 0. The number of para-hydroxylation sites is 2. The number of fused-ring (bicyclic) bond motifs is 1. The van der Waals surface area contributed by atoms with Gasteiger partial charge in [0.2, 0.25) is 5.91 Å². The third kappa shape index (κ3) is 3.91. The lowest BCUT2D eigenvalue weighted by atomic mass is 10.00. The van der Waals surface area contributed by atoms with Gasteiger partial charge in [0.05, 0.1) is 25.4 Å². The Morgan fingerprint density at radius 1 is 1.00 bits per heavy atom. The summed E-state index contributed by atoms with van der Waals surface area (Å²) in [6.45, 7) is 2.19. The van der Waals surface area contributed by atoms with E-state index < -0.39 is 0 Å². The van der Waals surface area contributed by atoms with E-state index in [1.807, 2.05) is 49.4 Å². The Morgan fingerprint density at radius 2 is 1.72 bits per heavy atom. The molecule has 4 heteroatoms. The highest BCUT2D eigenvalue weighted by Crippen LogP contribution is 2.24. The third-order valence-electron chi connectivity index (χ3n) is 4.21. The number of hydrogen-bond acceptors (Lipinski definition) is 3. The van der Waals surface area contributed by atoms with Crippen molar-refractivity contribution in [2.75, 3.05) is 19.0 Å². The Bertz CT molecular complexity index is 871. The zero-order valence-electron chi connectivity index (χ0n) is 14.5. The van der Waals surface area contributed by atoms with Crippen molar-refractivity contribution in [3.63, 3.8) is 0 Å². The lowest BCUT2D eigenvalue weighted by molar-refractivity contribution is -0.120. The van der Waals surface area contributed by atoms with Crippen LogP contribution in [0.2, 0.25) is 0 Å². The van der Waals surface area contributed by atoms with Crippen LogP contribution in [-0.4, -0.2) is 19.6 Å². The van der Waals surface area contributed by atoms with E-state index in [2.05, 4.69) is 34.9 Å². The van der Waals surface area contributed by atoms with E-state index in [1.54, 1.807) is 7.11 Å². The molecule has 0 aliphatic rings. The molecule has 3 aromatic carbocycles. The molecule has 0 bridgehead atoms. The molecule has 0 spiro atoms. The van der Waals surface area contributed by atoms with Gasteiger partial charge >= 0.3 is 0 Å². The van der Waals surface area contributed by atoms with Crippen molar-refractivity contribution in [1.29, 1.82) is 0 Å². The van der Waals surface area contributed by atoms with E-state index >= 15 is 0 Å². The summed E-state index contributed by atoms with van der Waals surface area (Å²) in [6, 6.07) is 21.8. The van der Waals surface area contributed by atoms with Crippen molar-refractivity contribution in [2.24, 2.45) is 0 Å². The van der Waals surface area contributed by atoms with E-state index in [4.69, 9.17) is 4.74 Å². The summed E-state index contributed by atoms with van der Waals surface area (Å²) in [7, 11) is 1.61. The molecule has 0 saturated heterocycles. The fourth-order valence-corrected chi connectivity index (χ4v) is 2.96. The van der Waals surface area contributed by atoms with Crippen LogP contribution < -0.4 is 15.4 Å². The second-order valence-corrected chi connectivity index (χ2v) is 5.91. The Kier molecular flexibility index (Phi) is 5.19. The fraction of sp³-hybridized carbons (Fsp3) is 0.190. The predicted octanol–water partition coefficient (Wildman–Crippen LogP) is 4.14. The number of methoxy groups -OCH3 is 1. The van der Waals surface area contributed by atoms with Crippen molar-refractivity contribution in [1.82, 2.24) is 5.32 Å². The minimum Gasteiger partial charge on any atom is -0.495 e.